The summed E-state index contributed by atoms with van der Waals surface area (Å²) in [5.41, 5.74) is 7.73. The lowest BCUT2D eigenvalue weighted by Gasteiger charge is -1.92. The van der Waals surface area contributed by atoms with Crippen LogP contribution in [0.3, 0.4) is 0 Å². The molecule has 2 aromatic heterocycles. The number of hydrogen-bond acceptors (Lipinski definition) is 4. The highest BCUT2D eigenvalue weighted by Crippen LogP contribution is 2.32. The van der Waals surface area contributed by atoms with Crippen LogP contribution >= 0.6 is 11.3 Å². The van der Waals surface area contributed by atoms with E-state index < -0.39 is 0 Å². The fourth-order valence-corrected chi connectivity index (χ4v) is 1.98. The van der Waals surface area contributed by atoms with Crippen LogP contribution in [0.1, 0.15) is 11.4 Å². The molecule has 0 saturated heterocycles. The second-order valence-electron chi connectivity index (χ2n) is 2.91. The lowest BCUT2D eigenvalue weighted by Crippen LogP contribution is -1.88. The Morgan fingerprint density at radius 3 is 2.69 bits per heavy atom. The number of hydrogen-bond donors (Lipinski definition) is 2. The van der Waals surface area contributed by atoms with Gasteiger partial charge in [0.1, 0.15) is 5.82 Å². The molecule has 0 radical (unpaired) electrons. The Bertz CT molecular complexity index is 429. The van der Waals surface area contributed by atoms with Gasteiger partial charge in [-0.05, 0) is 24.8 Å². The van der Waals surface area contributed by atoms with Crippen LogP contribution in [0.4, 0.5) is 5.69 Å². The Morgan fingerprint density at radius 1 is 1.46 bits per heavy atom. The number of H-pyrrole nitrogens is 1. The summed E-state index contributed by atoms with van der Waals surface area (Å²) in [4.78, 5) is 5.16. The van der Waals surface area contributed by atoms with Crippen LogP contribution < -0.4 is 5.73 Å². The van der Waals surface area contributed by atoms with E-state index in [4.69, 9.17) is 5.73 Å². The number of anilines is 1. The SMILES string of the molecule is Cc1nc(-c2scc(C)c2N)n[nH]1. The van der Waals surface area contributed by atoms with Gasteiger partial charge in [-0.15, -0.1) is 11.3 Å². The Balaban J connectivity index is 2.52. The third-order valence-electron chi connectivity index (χ3n) is 1.82. The summed E-state index contributed by atoms with van der Waals surface area (Å²) >= 11 is 1.57. The van der Waals surface area contributed by atoms with Gasteiger partial charge in [-0.25, -0.2) is 4.98 Å². The van der Waals surface area contributed by atoms with Gasteiger partial charge in [0, 0.05) is 0 Å². The zero-order valence-corrected chi connectivity index (χ0v) is 8.27. The molecular weight excluding hydrogens is 184 g/mol. The second-order valence-corrected chi connectivity index (χ2v) is 3.79. The molecular formula is C8H10N4S. The Kier molecular flexibility index (Phi) is 1.81. The molecule has 2 rings (SSSR count). The van der Waals surface area contributed by atoms with Gasteiger partial charge in [0.05, 0.1) is 10.6 Å². The molecule has 2 aromatic rings. The molecule has 0 fully saturated rings. The first-order valence-electron chi connectivity index (χ1n) is 3.91. The third kappa shape index (κ3) is 1.31. The van der Waals surface area contributed by atoms with Crippen molar-refractivity contribution in [2.75, 3.05) is 5.73 Å². The molecule has 0 spiro atoms. The first-order chi connectivity index (χ1) is 6.18. The van der Waals surface area contributed by atoms with Crippen LogP contribution in [0.5, 0.6) is 0 Å². The minimum absolute atomic E-state index is 0.688. The summed E-state index contributed by atoms with van der Waals surface area (Å²) < 4.78 is 0. The van der Waals surface area contributed by atoms with Gasteiger partial charge < -0.3 is 5.73 Å². The fraction of sp³-hybridized carbons (Fsp3) is 0.250. The zero-order chi connectivity index (χ0) is 9.42. The van der Waals surface area contributed by atoms with Crippen molar-refractivity contribution in [3.8, 4) is 10.7 Å². The number of nitrogens with one attached hydrogen (secondary N) is 1. The standard InChI is InChI=1S/C8H10N4S/c1-4-3-13-7(6(4)9)8-10-5(2)11-12-8/h3H,9H2,1-2H3,(H,10,11,12). The van der Waals surface area contributed by atoms with E-state index in [9.17, 15) is 0 Å². The predicted molar refractivity (Wildman–Crippen MR) is 53.6 cm³/mol. The first-order valence-corrected chi connectivity index (χ1v) is 4.79. The summed E-state index contributed by atoms with van der Waals surface area (Å²) in [5, 5.41) is 8.86. The molecule has 3 N–H and O–H groups in total. The van der Waals surface area contributed by atoms with Crippen molar-refractivity contribution in [3.05, 3.63) is 16.8 Å². The Morgan fingerprint density at radius 2 is 2.23 bits per heavy atom. The van der Waals surface area contributed by atoms with Gasteiger partial charge in [-0.1, -0.05) is 0 Å². The lowest BCUT2D eigenvalue weighted by atomic mass is 10.3. The number of aromatic amines is 1. The maximum absolute atomic E-state index is 5.86. The third-order valence-corrected chi connectivity index (χ3v) is 2.93. The highest BCUT2D eigenvalue weighted by atomic mass is 32.1. The van der Waals surface area contributed by atoms with Gasteiger partial charge in [0.25, 0.3) is 0 Å². The molecule has 0 atom stereocenters. The Labute approximate surface area is 79.8 Å². The number of thiophene rings is 1. The molecule has 0 amide bonds. The van der Waals surface area contributed by atoms with Crippen LogP contribution in [0.2, 0.25) is 0 Å². The van der Waals surface area contributed by atoms with Crippen molar-refractivity contribution in [3.63, 3.8) is 0 Å². The molecule has 0 bridgehead atoms. The highest BCUT2D eigenvalue weighted by molar-refractivity contribution is 7.14. The summed E-state index contributed by atoms with van der Waals surface area (Å²) in [6.45, 7) is 3.85. The summed E-state index contributed by atoms with van der Waals surface area (Å²) in [6, 6.07) is 0. The van der Waals surface area contributed by atoms with Crippen molar-refractivity contribution in [2.45, 2.75) is 13.8 Å². The molecule has 13 heavy (non-hydrogen) atoms. The first kappa shape index (κ1) is 8.25. The van der Waals surface area contributed by atoms with E-state index in [0.717, 1.165) is 22.0 Å². The quantitative estimate of drug-likeness (QED) is 0.726. The van der Waals surface area contributed by atoms with Crippen LogP contribution in [-0.2, 0) is 0 Å². The molecule has 0 unspecified atom stereocenters. The number of nitrogens with zero attached hydrogens (tertiary/aromatic N) is 2. The van der Waals surface area contributed by atoms with Gasteiger partial charge in [-0.2, -0.15) is 5.10 Å². The number of nitrogens with two attached hydrogens (primary N) is 1. The van der Waals surface area contributed by atoms with Gasteiger partial charge in [-0.3, -0.25) is 5.10 Å². The Hall–Kier alpha value is -1.36. The summed E-state index contributed by atoms with van der Waals surface area (Å²) in [6.07, 6.45) is 0. The van der Waals surface area contributed by atoms with Crippen molar-refractivity contribution in [1.82, 2.24) is 15.2 Å². The molecule has 0 aromatic carbocycles. The highest BCUT2D eigenvalue weighted by Gasteiger charge is 2.11. The molecule has 0 aliphatic rings. The van der Waals surface area contributed by atoms with Crippen LogP contribution in [0, 0.1) is 13.8 Å². The monoisotopic (exact) mass is 194 g/mol. The number of aryl methyl sites for hydroxylation is 2. The fourth-order valence-electron chi connectivity index (χ4n) is 1.07. The molecule has 0 aliphatic heterocycles. The largest absolute Gasteiger partial charge is 0.397 e. The average molecular weight is 194 g/mol. The number of rotatable bonds is 1. The summed E-state index contributed by atoms with van der Waals surface area (Å²) in [7, 11) is 0. The topological polar surface area (TPSA) is 67.6 Å². The molecule has 5 heteroatoms. The smallest absolute Gasteiger partial charge is 0.193 e. The van der Waals surface area contributed by atoms with Crippen LogP contribution in [0.15, 0.2) is 5.38 Å². The van der Waals surface area contributed by atoms with Crippen LogP contribution in [0.25, 0.3) is 10.7 Å². The minimum atomic E-state index is 0.688. The molecule has 0 saturated carbocycles. The van der Waals surface area contributed by atoms with E-state index in [0.29, 0.717) is 5.82 Å². The normalized spacial score (nSPS) is 10.6. The predicted octanol–water partition coefficient (Wildman–Crippen LogP) is 1.73. The van der Waals surface area contributed by atoms with E-state index in [-0.39, 0.29) is 0 Å². The second kappa shape index (κ2) is 2.85. The van der Waals surface area contributed by atoms with Gasteiger partial charge >= 0.3 is 0 Å². The van der Waals surface area contributed by atoms with E-state index >= 15 is 0 Å². The van der Waals surface area contributed by atoms with E-state index in [1.807, 2.05) is 19.2 Å². The minimum Gasteiger partial charge on any atom is -0.397 e. The van der Waals surface area contributed by atoms with Crippen molar-refractivity contribution < 1.29 is 0 Å². The van der Waals surface area contributed by atoms with Gasteiger partial charge in [0.15, 0.2) is 5.82 Å². The number of aromatic nitrogens is 3. The van der Waals surface area contributed by atoms with Crippen molar-refractivity contribution >= 4 is 17.0 Å². The molecule has 0 aliphatic carbocycles. The maximum Gasteiger partial charge on any atom is 0.193 e. The van der Waals surface area contributed by atoms with E-state index in [1.54, 1.807) is 11.3 Å². The molecule has 68 valence electrons. The van der Waals surface area contributed by atoms with E-state index in [1.165, 1.54) is 0 Å². The maximum atomic E-state index is 5.86. The van der Waals surface area contributed by atoms with Crippen LogP contribution in [-0.4, -0.2) is 15.2 Å². The summed E-state index contributed by atoms with van der Waals surface area (Å²) in [5.74, 6) is 1.49. The molecule has 2 heterocycles. The average Bonchev–Trinajstić information content (AvgIpc) is 2.62. The zero-order valence-electron chi connectivity index (χ0n) is 7.46. The molecule has 4 nitrogen and oxygen atoms in total. The van der Waals surface area contributed by atoms with Crippen molar-refractivity contribution in [2.24, 2.45) is 0 Å². The lowest BCUT2D eigenvalue weighted by molar-refractivity contribution is 1.04. The van der Waals surface area contributed by atoms with Crippen molar-refractivity contribution in [1.29, 1.82) is 0 Å². The van der Waals surface area contributed by atoms with E-state index in [2.05, 4.69) is 15.2 Å². The van der Waals surface area contributed by atoms with Gasteiger partial charge in [0.2, 0.25) is 0 Å². The number of nitrogen functional groups attached to an aromatic ring is 1.